The number of hydrogen-bond acceptors (Lipinski definition) is 5. The zero-order valence-electron chi connectivity index (χ0n) is 18.9. The van der Waals surface area contributed by atoms with Crippen LogP contribution < -0.4 is 5.32 Å². The average molecular weight is 460 g/mol. The van der Waals surface area contributed by atoms with E-state index >= 15 is 0 Å². The molecule has 6 aromatic rings. The van der Waals surface area contributed by atoms with Gasteiger partial charge >= 0.3 is 0 Å². The quantitative estimate of drug-likeness (QED) is 0.312. The molecule has 8 nitrogen and oxygen atoms in total. The molecule has 170 valence electrons. The standard InChI is InChI=1S/C27H21N7O/c1-2-25(35)31-18-11-17(14-28-15-18)16-6-7-22-19(12-16)27(34-33-22)24-13-20-21(32-24)8-10-30-26(20)23-5-3-4-9-29-23/h3-15,32H,2H2,1H3,(H,31,35)(H,33,34). The van der Waals surface area contributed by atoms with E-state index in [2.05, 4.69) is 47.6 Å². The predicted octanol–water partition coefficient (Wildman–Crippen LogP) is 5.58. The second-order valence-electron chi connectivity index (χ2n) is 8.22. The molecule has 0 aliphatic carbocycles. The summed E-state index contributed by atoms with van der Waals surface area (Å²) in [5, 5.41) is 12.6. The fourth-order valence-corrected chi connectivity index (χ4v) is 4.20. The van der Waals surface area contributed by atoms with Crippen LogP contribution in [0.1, 0.15) is 13.3 Å². The molecule has 0 spiro atoms. The van der Waals surface area contributed by atoms with Crippen LogP contribution in [0.5, 0.6) is 0 Å². The van der Waals surface area contributed by atoms with Crippen molar-refractivity contribution in [3.8, 4) is 33.9 Å². The van der Waals surface area contributed by atoms with Crippen LogP contribution in [0, 0.1) is 0 Å². The number of nitrogens with one attached hydrogen (secondary N) is 3. The summed E-state index contributed by atoms with van der Waals surface area (Å²) in [5.41, 5.74) is 7.79. The van der Waals surface area contributed by atoms with Crippen LogP contribution in [0.2, 0.25) is 0 Å². The Kier molecular flexibility index (Phi) is 5.03. The van der Waals surface area contributed by atoms with Gasteiger partial charge in [-0.2, -0.15) is 5.10 Å². The number of aromatic amines is 2. The smallest absolute Gasteiger partial charge is 0.224 e. The van der Waals surface area contributed by atoms with Crippen LogP contribution in [0.3, 0.4) is 0 Å². The summed E-state index contributed by atoms with van der Waals surface area (Å²) < 4.78 is 0. The minimum Gasteiger partial charge on any atom is -0.353 e. The minimum absolute atomic E-state index is 0.0464. The lowest BCUT2D eigenvalue weighted by Crippen LogP contribution is -2.09. The lowest BCUT2D eigenvalue weighted by Gasteiger charge is -2.06. The van der Waals surface area contributed by atoms with Gasteiger partial charge in [0.2, 0.25) is 5.91 Å². The highest BCUT2D eigenvalue weighted by atomic mass is 16.1. The molecule has 0 aliphatic heterocycles. The summed E-state index contributed by atoms with van der Waals surface area (Å²) in [5.74, 6) is -0.0464. The molecule has 35 heavy (non-hydrogen) atoms. The van der Waals surface area contributed by atoms with Crippen molar-refractivity contribution in [1.29, 1.82) is 0 Å². The van der Waals surface area contributed by atoms with Crippen molar-refractivity contribution in [3.63, 3.8) is 0 Å². The van der Waals surface area contributed by atoms with Crippen LogP contribution in [-0.2, 0) is 4.79 Å². The van der Waals surface area contributed by atoms with Gasteiger partial charge in [-0.15, -0.1) is 0 Å². The predicted molar refractivity (Wildman–Crippen MR) is 137 cm³/mol. The Balaban J connectivity index is 1.43. The van der Waals surface area contributed by atoms with Gasteiger partial charge in [-0.3, -0.25) is 24.8 Å². The van der Waals surface area contributed by atoms with Gasteiger partial charge in [0.25, 0.3) is 0 Å². The maximum absolute atomic E-state index is 11.8. The molecule has 0 bridgehead atoms. The highest BCUT2D eigenvalue weighted by Gasteiger charge is 2.15. The van der Waals surface area contributed by atoms with E-state index in [1.165, 1.54) is 0 Å². The molecule has 6 rings (SSSR count). The Morgan fingerprint density at radius 1 is 0.886 bits per heavy atom. The van der Waals surface area contributed by atoms with Crippen molar-refractivity contribution in [1.82, 2.24) is 30.1 Å². The molecule has 1 aromatic carbocycles. The van der Waals surface area contributed by atoms with Crippen LogP contribution >= 0.6 is 0 Å². The highest BCUT2D eigenvalue weighted by molar-refractivity contribution is 6.00. The third-order valence-corrected chi connectivity index (χ3v) is 5.95. The number of rotatable bonds is 5. The van der Waals surface area contributed by atoms with Crippen LogP contribution in [-0.4, -0.2) is 36.0 Å². The number of benzene rings is 1. The van der Waals surface area contributed by atoms with E-state index < -0.39 is 0 Å². The monoisotopic (exact) mass is 459 g/mol. The summed E-state index contributed by atoms with van der Waals surface area (Å²) in [4.78, 5) is 28.6. The number of fused-ring (bicyclic) bond motifs is 2. The van der Waals surface area contributed by atoms with Gasteiger partial charge in [-0.1, -0.05) is 19.1 Å². The molecule has 0 saturated carbocycles. The van der Waals surface area contributed by atoms with Gasteiger partial charge in [0.15, 0.2) is 0 Å². The Morgan fingerprint density at radius 3 is 2.66 bits per heavy atom. The normalized spacial score (nSPS) is 11.2. The molecule has 0 radical (unpaired) electrons. The first-order valence-electron chi connectivity index (χ1n) is 11.3. The number of pyridine rings is 3. The Morgan fingerprint density at radius 2 is 1.80 bits per heavy atom. The lowest BCUT2D eigenvalue weighted by molar-refractivity contribution is -0.115. The van der Waals surface area contributed by atoms with Gasteiger partial charge in [0.05, 0.1) is 34.5 Å². The number of carbonyl (C=O) groups excluding carboxylic acids is 1. The number of H-pyrrole nitrogens is 2. The SMILES string of the molecule is CCC(=O)Nc1cncc(-c2ccc3[nH]nc(-c4cc5c(-c6ccccn6)nccc5[nH]4)c3c2)c1. The summed E-state index contributed by atoms with van der Waals surface area (Å²) in [6.07, 6.45) is 7.40. The second kappa shape index (κ2) is 8.49. The first kappa shape index (κ1) is 20.7. The maximum atomic E-state index is 11.8. The molecule has 0 aliphatic rings. The van der Waals surface area contributed by atoms with Crippen molar-refractivity contribution in [2.24, 2.45) is 0 Å². The van der Waals surface area contributed by atoms with Gasteiger partial charge in [0, 0.05) is 46.9 Å². The molecule has 5 aromatic heterocycles. The first-order chi connectivity index (χ1) is 17.2. The fraction of sp³-hybridized carbons (Fsp3) is 0.0741. The topological polar surface area (TPSA) is 112 Å². The van der Waals surface area contributed by atoms with E-state index in [0.717, 1.165) is 55.7 Å². The van der Waals surface area contributed by atoms with E-state index in [9.17, 15) is 4.79 Å². The number of aromatic nitrogens is 6. The molecule has 0 unspecified atom stereocenters. The van der Waals surface area contributed by atoms with Gasteiger partial charge < -0.3 is 10.3 Å². The average Bonchev–Trinajstić information content (AvgIpc) is 3.53. The molecule has 1 amide bonds. The van der Waals surface area contributed by atoms with Gasteiger partial charge in [-0.25, -0.2) is 0 Å². The molecule has 3 N–H and O–H groups in total. The van der Waals surface area contributed by atoms with E-state index in [0.29, 0.717) is 12.1 Å². The largest absolute Gasteiger partial charge is 0.353 e. The van der Waals surface area contributed by atoms with Crippen molar-refractivity contribution >= 4 is 33.4 Å². The Bertz CT molecular complexity index is 1680. The van der Waals surface area contributed by atoms with Crippen LogP contribution in [0.15, 0.2) is 79.4 Å². The number of carbonyl (C=O) groups is 1. The minimum atomic E-state index is -0.0464. The second-order valence-corrected chi connectivity index (χ2v) is 8.22. The van der Waals surface area contributed by atoms with Crippen molar-refractivity contribution in [2.75, 3.05) is 5.32 Å². The van der Waals surface area contributed by atoms with Gasteiger partial charge in [-0.05, 0) is 48.0 Å². The number of nitrogens with zero attached hydrogens (tertiary/aromatic N) is 4. The molecule has 0 atom stereocenters. The summed E-state index contributed by atoms with van der Waals surface area (Å²) in [7, 11) is 0. The Hall–Kier alpha value is -4.85. The zero-order chi connectivity index (χ0) is 23.8. The molecule has 8 heteroatoms. The highest BCUT2D eigenvalue weighted by Crippen LogP contribution is 2.34. The lowest BCUT2D eigenvalue weighted by atomic mass is 10.0. The zero-order valence-corrected chi connectivity index (χ0v) is 18.9. The van der Waals surface area contributed by atoms with Crippen molar-refractivity contribution in [3.05, 3.63) is 79.4 Å². The first-order valence-corrected chi connectivity index (χ1v) is 11.3. The van der Waals surface area contributed by atoms with E-state index in [1.807, 2.05) is 49.4 Å². The van der Waals surface area contributed by atoms with Gasteiger partial charge in [0.1, 0.15) is 5.69 Å². The van der Waals surface area contributed by atoms with Crippen molar-refractivity contribution < 1.29 is 4.79 Å². The molecule has 0 fully saturated rings. The summed E-state index contributed by atoms with van der Waals surface area (Å²) in [6, 6.07) is 17.8. The van der Waals surface area contributed by atoms with Crippen LogP contribution in [0.25, 0.3) is 55.7 Å². The Labute approximate surface area is 200 Å². The molecule has 0 saturated heterocycles. The third-order valence-electron chi connectivity index (χ3n) is 5.95. The molecular formula is C27H21N7O. The van der Waals surface area contributed by atoms with E-state index in [1.54, 1.807) is 24.8 Å². The van der Waals surface area contributed by atoms with E-state index in [-0.39, 0.29) is 5.91 Å². The van der Waals surface area contributed by atoms with Crippen LogP contribution in [0.4, 0.5) is 5.69 Å². The number of hydrogen-bond donors (Lipinski definition) is 3. The van der Waals surface area contributed by atoms with E-state index in [4.69, 9.17) is 0 Å². The molecule has 5 heterocycles. The molecular weight excluding hydrogens is 438 g/mol. The van der Waals surface area contributed by atoms with Crippen molar-refractivity contribution in [2.45, 2.75) is 13.3 Å². The maximum Gasteiger partial charge on any atom is 0.224 e. The fourth-order valence-electron chi connectivity index (χ4n) is 4.20. The third kappa shape index (κ3) is 3.80. The number of anilines is 1. The number of amides is 1. The summed E-state index contributed by atoms with van der Waals surface area (Å²) >= 11 is 0. The summed E-state index contributed by atoms with van der Waals surface area (Å²) in [6.45, 7) is 1.82.